The van der Waals surface area contributed by atoms with E-state index in [0.717, 1.165) is 18.7 Å². The van der Waals surface area contributed by atoms with Crippen LogP contribution in [0.15, 0.2) is 24.5 Å². The Labute approximate surface area is 121 Å². The molecule has 0 aliphatic carbocycles. The first-order valence-electron chi connectivity index (χ1n) is 5.64. The molecular formula is C12H21Cl2N3O. The Balaban J connectivity index is 0. The van der Waals surface area contributed by atoms with E-state index >= 15 is 0 Å². The normalized spacial score (nSPS) is 10.8. The predicted molar refractivity (Wildman–Crippen MR) is 78.7 cm³/mol. The van der Waals surface area contributed by atoms with Crippen LogP contribution in [0.3, 0.4) is 0 Å². The number of hydrogen-bond donors (Lipinski definition) is 2. The Bertz CT molecular complexity index is 322. The van der Waals surface area contributed by atoms with E-state index in [2.05, 4.69) is 15.6 Å². The minimum absolute atomic E-state index is 0. The molecule has 2 N–H and O–H groups in total. The average Bonchev–Trinajstić information content (AvgIpc) is 2.34. The molecule has 0 radical (unpaired) electrons. The first kappa shape index (κ1) is 19.5. The van der Waals surface area contributed by atoms with E-state index in [0.29, 0.717) is 6.54 Å². The van der Waals surface area contributed by atoms with Crippen LogP contribution in [0.25, 0.3) is 0 Å². The summed E-state index contributed by atoms with van der Waals surface area (Å²) in [5.74, 6) is -0.0961. The van der Waals surface area contributed by atoms with E-state index in [1.165, 1.54) is 0 Å². The summed E-state index contributed by atoms with van der Waals surface area (Å²) in [6.07, 6.45) is 3.44. The van der Waals surface area contributed by atoms with Gasteiger partial charge in [0.1, 0.15) is 0 Å². The monoisotopic (exact) mass is 293 g/mol. The highest BCUT2D eigenvalue weighted by Crippen LogP contribution is 2.12. The van der Waals surface area contributed by atoms with Gasteiger partial charge in [0, 0.05) is 25.5 Å². The highest BCUT2D eigenvalue weighted by atomic mass is 35.5. The molecule has 0 saturated heterocycles. The van der Waals surface area contributed by atoms with Crippen molar-refractivity contribution in [2.45, 2.75) is 19.8 Å². The minimum Gasteiger partial charge on any atom is -0.354 e. The SMILES string of the molecule is CCNCCNC(=O)C(C)c1cccnc1.Cl.Cl. The highest BCUT2D eigenvalue weighted by Gasteiger charge is 2.13. The number of halogens is 2. The largest absolute Gasteiger partial charge is 0.354 e. The summed E-state index contributed by atoms with van der Waals surface area (Å²) in [4.78, 5) is 15.7. The average molecular weight is 294 g/mol. The van der Waals surface area contributed by atoms with Crippen molar-refractivity contribution in [3.63, 3.8) is 0 Å². The molecule has 1 atom stereocenters. The molecule has 6 heteroatoms. The smallest absolute Gasteiger partial charge is 0.227 e. The molecule has 0 aliphatic rings. The molecule has 1 rings (SSSR count). The van der Waals surface area contributed by atoms with E-state index in [1.54, 1.807) is 12.4 Å². The number of nitrogens with zero attached hydrogens (tertiary/aromatic N) is 1. The van der Waals surface area contributed by atoms with Gasteiger partial charge in [-0.1, -0.05) is 13.0 Å². The Morgan fingerprint density at radius 1 is 1.39 bits per heavy atom. The van der Waals surface area contributed by atoms with Crippen LogP contribution in [0.1, 0.15) is 25.3 Å². The molecule has 0 saturated carbocycles. The molecule has 1 unspecified atom stereocenters. The Kier molecular flexibility index (Phi) is 12.2. The third-order valence-corrected chi connectivity index (χ3v) is 2.43. The van der Waals surface area contributed by atoms with Gasteiger partial charge in [-0.25, -0.2) is 0 Å². The van der Waals surface area contributed by atoms with Gasteiger partial charge in [-0.15, -0.1) is 24.8 Å². The van der Waals surface area contributed by atoms with Crippen LogP contribution in [-0.2, 0) is 4.79 Å². The summed E-state index contributed by atoms with van der Waals surface area (Å²) in [6.45, 7) is 6.33. The molecule has 0 aromatic carbocycles. The molecule has 1 heterocycles. The number of rotatable bonds is 6. The van der Waals surface area contributed by atoms with Gasteiger partial charge in [0.2, 0.25) is 5.91 Å². The lowest BCUT2D eigenvalue weighted by Gasteiger charge is -2.12. The maximum absolute atomic E-state index is 11.7. The maximum atomic E-state index is 11.7. The number of likely N-dealkylation sites (N-methyl/N-ethyl adjacent to an activating group) is 1. The van der Waals surface area contributed by atoms with Crippen molar-refractivity contribution in [2.24, 2.45) is 0 Å². The van der Waals surface area contributed by atoms with E-state index in [-0.39, 0.29) is 36.6 Å². The molecule has 0 bridgehead atoms. The summed E-state index contributed by atoms with van der Waals surface area (Å²) in [5, 5.41) is 6.04. The molecule has 0 fully saturated rings. The lowest BCUT2D eigenvalue weighted by atomic mass is 10.0. The Hall–Kier alpha value is -0.840. The molecule has 1 aromatic heterocycles. The number of carbonyl (C=O) groups excluding carboxylic acids is 1. The summed E-state index contributed by atoms with van der Waals surface area (Å²) >= 11 is 0. The predicted octanol–water partition coefficient (Wildman–Crippen LogP) is 1.75. The van der Waals surface area contributed by atoms with E-state index in [4.69, 9.17) is 0 Å². The maximum Gasteiger partial charge on any atom is 0.227 e. The fraction of sp³-hybridized carbons (Fsp3) is 0.500. The number of carbonyl (C=O) groups is 1. The zero-order chi connectivity index (χ0) is 11.8. The van der Waals surface area contributed by atoms with Gasteiger partial charge in [0.25, 0.3) is 0 Å². The van der Waals surface area contributed by atoms with Crippen LogP contribution >= 0.6 is 24.8 Å². The molecule has 104 valence electrons. The summed E-state index contributed by atoms with van der Waals surface area (Å²) in [6, 6.07) is 3.76. The van der Waals surface area contributed by atoms with Crippen molar-refractivity contribution in [1.82, 2.24) is 15.6 Å². The van der Waals surface area contributed by atoms with E-state index < -0.39 is 0 Å². The summed E-state index contributed by atoms with van der Waals surface area (Å²) < 4.78 is 0. The topological polar surface area (TPSA) is 54.0 Å². The van der Waals surface area contributed by atoms with Gasteiger partial charge >= 0.3 is 0 Å². The van der Waals surface area contributed by atoms with Gasteiger partial charge in [0.05, 0.1) is 5.92 Å². The molecule has 1 aromatic rings. The van der Waals surface area contributed by atoms with Crippen LogP contribution in [0.5, 0.6) is 0 Å². The van der Waals surface area contributed by atoms with Crippen LogP contribution < -0.4 is 10.6 Å². The van der Waals surface area contributed by atoms with Crippen molar-refractivity contribution in [1.29, 1.82) is 0 Å². The first-order valence-corrected chi connectivity index (χ1v) is 5.64. The van der Waals surface area contributed by atoms with Crippen LogP contribution in [-0.4, -0.2) is 30.5 Å². The highest BCUT2D eigenvalue weighted by molar-refractivity contribution is 5.85. The molecular weight excluding hydrogens is 273 g/mol. The lowest BCUT2D eigenvalue weighted by molar-refractivity contribution is -0.122. The van der Waals surface area contributed by atoms with Gasteiger partial charge in [-0.2, -0.15) is 0 Å². The number of nitrogens with one attached hydrogen (secondary N) is 2. The lowest BCUT2D eigenvalue weighted by Crippen LogP contribution is -2.34. The van der Waals surface area contributed by atoms with Gasteiger partial charge in [-0.3, -0.25) is 9.78 Å². The second-order valence-electron chi connectivity index (χ2n) is 3.65. The minimum atomic E-state index is -0.143. The van der Waals surface area contributed by atoms with E-state index in [1.807, 2.05) is 26.0 Å². The molecule has 0 aliphatic heterocycles. The number of amides is 1. The number of pyridine rings is 1. The number of aromatic nitrogens is 1. The number of hydrogen-bond acceptors (Lipinski definition) is 3. The second kappa shape index (κ2) is 11.3. The summed E-state index contributed by atoms with van der Waals surface area (Å²) in [7, 11) is 0. The third kappa shape index (κ3) is 6.79. The van der Waals surface area contributed by atoms with Crippen molar-refractivity contribution in [2.75, 3.05) is 19.6 Å². The Morgan fingerprint density at radius 3 is 2.67 bits per heavy atom. The van der Waals surface area contributed by atoms with Crippen LogP contribution in [0, 0.1) is 0 Å². The van der Waals surface area contributed by atoms with Crippen molar-refractivity contribution < 1.29 is 4.79 Å². The Morgan fingerprint density at radius 2 is 2.11 bits per heavy atom. The van der Waals surface area contributed by atoms with Crippen LogP contribution in [0.2, 0.25) is 0 Å². The fourth-order valence-electron chi connectivity index (χ4n) is 1.39. The molecule has 0 spiro atoms. The second-order valence-corrected chi connectivity index (χ2v) is 3.65. The standard InChI is InChI=1S/C12H19N3O.2ClH/c1-3-13-7-8-15-12(16)10(2)11-5-4-6-14-9-11;;/h4-6,9-10,13H,3,7-8H2,1-2H3,(H,15,16);2*1H. The third-order valence-electron chi connectivity index (χ3n) is 2.43. The molecule has 1 amide bonds. The molecule has 4 nitrogen and oxygen atoms in total. The molecule has 18 heavy (non-hydrogen) atoms. The quantitative estimate of drug-likeness (QED) is 0.786. The first-order chi connectivity index (χ1) is 7.75. The summed E-state index contributed by atoms with van der Waals surface area (Å²) in [5.41, 5.74) is 0.948. The fourth-order valence-corrected chi connectivity index (χ4v) is 1.39. The van der Waals surface area contributed by atoms with E-state index in [9.17, 15) is 4.79 Å². The van der Waals surface area contributed by atoms with Gasteiger partial charge in [-0.05, 0) is 25.1 Å². The van der Waals surface area contributed by atoms with Crippen molar-refractivity contribution >= 4 is 30.7 Å². The van der Waals surface area contributed by atoms with Crippen molar-refractivity contribution in [3.05, 3.63) is 30.1 Å². The van der Waals surface area contributed by atoms with Crippen molar-refractivity contribution in [3.8, 4) is 0 Å². The van der Waals surface area contributed by atoms with Crippen LogP contribution in [0.4, 0.5) is 0 Å². The van der Waals surface area contributed by atoms with Gasteiger partial charge in [0.15, 0.2) is 0 Å². The van der Waals surface area contributed by atoms with Gasteiger partial charge < -0.3 is 10.6 Å². The zero-order valence-corrected chi connectivity index (χ0v) is 12.3. The zero-order valence-electron chi connectivity index (χ0n) is 10.7.